The molecule has 1 heterocycles. The molecule has 1 aliphatic rings. The van der Waals surface area contributed by atoms with Crippen LogP contribution in [-0.4, -0.2) is 4.98 Å². The number of hydrogen-bond donors (Lipinski definition) is 0. The molecule has 0 spiro atoms. The highest BCUT2D eigenvalue weighted by atomic mass is 14.7. The van der Waals surface area contributed by atoms with Gasteiger partial charge in [0.05, 0.1) is 5.52 Å². The second-order valence-corrected chi connectivity index (χ2v) is 7.17. The lowest BCUT2D eigenvalue weighted by Gasteiger charge is -2.21. The summed E-state index contributed by atoms with van der Waals surface area (Å²) in [7, 11) is 0. The fraction of sp³-hybridized carbons (Fsp3) is 0.227. The van der Waals surface area contributed by atoms with Crippen LogP contribution in [0.2, 0.25) is 0 Å². The predicted octanol–water partition coefficient (Wildman–Crippen LogP) is 5.74. The number of benzene rings is 3. The molecular weight excluding hydrogens is 278 g/mol. The lowest BCUT2D eigenvalue weighted by molar-refractivity contribution is 0.662. The molecule has 0 amide bonds. The summed E-state index contributed by atoms with van der Waals surface area (Å²) in [4.78, 5) is 4.77. The van der Waals surface area contributed by atoms with Crippen molar-refractivity contribution >= 4 is 32.4 Å². The summed E-state index contributed by atoms with van der Waals surface area (Å²) in [5.41, 5.74) is 5.44. The van der Waals surface area contributed by atoms with Gasteiger partial charge in [0.25, 0.3) is 0 Å². The monoisotopic (exact) mass is 297 g/mol. The van der Waals surface area contributed by atoms with Crippen LogP contribution < -0.4 is 0 Å². The molecule has 0 unspecified atom stereocenters. The highest BCUT2D eigenvalue weighted by molar-refractivity contribution is 6.27. The molecule has 23 heavy (non-hydrogen) atoms. The summed E-state index contributed by atoms with van der Waals surface area (Å²) in [6, 6.07) is 15.8. The van der Waals surface area contributed by atoms with E-state index in [9.17, 15) is 0 Å². The Morgan fingerprint density at radius 1 is 0.870 bits per heavy atom. The molecular formula is C22H19N. The first-order valence-corrected chi connectivity index (χ1v) is 8.40. The maximum absolute atomic E-state index is 4.77. The van der Waals surface area contributed by atoms with Gasteiger partial charge in [-0.3, -0.25) is 4.98 Å². The molecule has 112 valence electrons. The molecule has 3 aromatic carbocycles. The van der Waals surface area contributed by atoms with Crippen LogP contribution in [-0.2, 0) is 11.8 Å². The van der Waals surface area contributed by atoms with Crippen LogP contribution in [0.15, 0.2) is 48.7 Å². The van der Waals surface area contributed by atoms with Crippen LogP contribution in [0.4, 0.5) is 0 Å². The molecule has 5 rings (SSSR count). The molecule has 0 aliphatic heterocycles. The topological polar surface area (TPSA) is 12.9 Å². The van der Waals surface area contributed by atoms with Crippen molar-refractivity contribution in [2.75, 3.05) is 0 Å². The number of hydrogen-bond acceptors (Lipinski definition) is 1. The van der Waals surface area contributed by atoms with Gasteiger partial charge in [-0.2, -0.15) is 0 Å². The standard InChI is InChI=1S/C22H19N/c1-4-13-8-9-15-16(12-13)14-6-5-7-17-19(14)20-18(22(17,2)3)10-11-23-21(15)20/h5-12H,4H2,1-3H3. The van der Waals surface area contributed by atoms with Gasteiger partial charge >= 0.3 is 0 Å². The average molecular weight is 297 g/mol. The first kappa shape index (κ1) is 13.1. The summed E-state index contributed by atoms with van der Waals surface area (Å²) in [6.45, 7) is 6.88. The molecule has 0 saturated carbocycles. The third kappa shape index (κ3) is 1.45. The van der Waals surface area contributed by atoms with Gasteiger partial charge in [-0.25, -0.2) is 0 Å². The van der Waals surface area contributed by atoms with Crippen molar-refractivity contribution in [3.05, 3.63) is 65.4 Å². The molecule has 0 atom stereocenters. The molecule has 0 fully saturated rings. The van der Waals surface area contributed by atoms with E-state index in [1.54, 1.807) is 0 Å². The Balaban J connectivity index is 2.16. The van der Waals surface area contributed by atoms with Gasteiger partial charge in [0.1, 0.15) is 0 Å². The zero-order chi connectivity index (χ0) is 15.8. The van der Waals surface area contributed by atoms with Gasteiger partial charge in [0.15, 0.2) is 0 Å². The number of fused-ring (bicyclic) bond motifs is 3. The Hall–Kier alpha value is -2.41. The normalized spacial score (nSPS) is 15.3. The second-order valence-electron chi connectivity index (χ2n) is 7.17. The maximum atomic E-state index is 4.77. The van der Waals surface area contributed by atoms with E-state index < -0.39 is 0 Å². The third-order valence-electron chi connectivity index (χ3n) is 5.65. The number of aromatic nitrogens is 1. The van der Waals surface area contributed by atoms with Crippen molar-refractivity contribution < 1.29 is 0 Å². The largest absolute Gasteiger partial charge is 0.256 e. The van der Waals surface area contributed by atoms with Gasteiger partial charge in [0, 0.05) is 22.4 Å². The summed E-state index contributed by atoms with van der Waals surface area (Å²) >= 11 is 0. The Bertz CT molecular complexity index is 1120. The van der Waals surface area contributed by atoms with Crippen molar-refractivity contribution in [3.8, 4) is 0 Å². The second kappa shape index (κ2) is 4.11. The van der Waals surface area contributed by atoms with Gasteiger partial charge < -0.3 is 0 Å². The van der Waals surface area contributed by atoms with Crippen molar-refractivity contribution in [3.63, 3.8) is 0 Å². The fourth-order valence-corrected chi connectivity index (χ4v) is 4.39. The number of nitrogens with zero attached hydrogens (tertiary/aromatic N) is 1. The van der Waals surface area contributed by atoms with Crippen LogP contribution >= 0.6 is 0 Å². The fourth-order valence-electron chi connectivity index (χ4n) is 4.39. The number of aryl methyl sites for hydroxylation is 1. The lowest BCUT2D eigenvalue weighted by Crippen LogP contribution is -2.15. The molecule has 0 saturated heterocycles. The Kier molecular flexibility index (Phi) is 2.33. The van der Waals surface area contributed by atoms with Crippen LogP contribution in [0.25, 0.3) is 32.4 Å². The molecule has 0 N–H and O–H groups in total. The SMILES string of the molecule is CCc1ccc2c(c1)c1cccc3c1c1c(ccnc21)C3(C)C. The van der Waals surface area contributed by atoms with Crippen molar-refractivity contribution in [1.82, 2.24) is 4.98 Å². The van der Waals surface area contributed by atoms with Gasteiger partial charge in [-0.1, -0.05) is 57.2 Å². The smallest absolute Gasteiger partial charge is 0.0789 e. The minimum atomic E-state index is 0.0496. The lowest BCUT2D eigenvalue weighted by atomic mass is 9.82. The van der Waals surface area contributed by atoms with Crippen LogP contribution in [0, 0.1) is 0 Å². The third-order valence-corrected chi connectivity index (χ3v) is 5.65. The van der Waals surface area contributed by atoms with Crippen molar-refractivity contribution in [2.45, 2.75) is 32.6 Å². The van der Waals surface area contributed by atoms with E-state index in [1.807, 2.05) is 6.20 Å². The highest BCUT2D eigenvalue weighted by Crippen LogP contribution is 2.50. The molecule has 1 nitrogen and oxygen atoms in total. The molecule has 0 bridgehead atoms. The zero-order valence-electron chi connectivity index (χ0n) is 13.8. The Morgan fingerprint density at radius 3 is 2.52 bits per heavy atom. The van der Waals surface area contributed by atoms with E-state index >= 15 is 0 Å². The number of pyridine rings is 1. The molecule has 1 aliphatic carbocycles. The first-order chi connectivity index (χ1) is 11.1. The van der Waals surface area contributed by atoms with Gasteiger partial charge in [-0.05, 0) is 45.3 Å². The summed E-state index contributed by atoms with van der Waals surface area (Å²) in [6.07, 6.45) is 3.04. The Labute approximate surface area is 136 Å². The van der Waals surface area contributed by atoms with E-state index in [1.165, 1.54) is 43.6 Å². The van der Waals surface area contributed by atoms with Gasteiger partial charge in [-0.15, -0.1) is 0 Å². The van der Waals surface area contributed by atoms with E-state index in [0.29, 0.717) is 0 Å². The molecule has 0 radical (unpaired) electrons. The number of rotatable bonds is 1. The minimum Gasteiger partial charge on any atom is -0.256 e. The highest BCUT2D eigenvalue weighted by Gasteiger charge is 2.34. The van der Waals surface area contributed by atoms with E-state index in [4.69, 9.17) is 4.98 Å². The predicted molar refractivity (Wildman–Crippen MR) is 98.3 cm³/mol. The van der Waals surface area contributed by atoms with E-state index in [-0.39, 0.29) is 5.41 Å². The maximum Gasteiger partial charge on any atom is 0.0789 e. The van der Waals surface area contributed by atoms with Gasteiger partial charge in [0.2, 0.25) is 0 Å². The van der Waals surface area contributed by atoms with Crippen molar-refractivity contribution in [2.24, 2.45) is 0 Å². The average Bonchev–Trinajstić information content (AvgIpc) is 2.83. The van der Waals surface area contributed by atoms with E-state index in [0.717, 1.165) is 11.9 Å². The molecule has 4 aromatic rings. The minimum absolute atomic E-state index is 0.0496. The van der Waals surface area contributed by atoms with Crippen molar-refractivity contribution in [1.29, 1.82) is 0 Å². The van der Waals surface area contributed by atoms with E-state index in [2.05, 4.69) is 63.2 Å². The van der Waals surface area contributed by atoms with Crippen LogP contribution in [0.1, 0.15) is 37.5 Å². The molecule has 1 heteroatoms. The van der Waals surface area contributed by atoms with Crippen LogP contribution in [0.3, 0.4) is 0 Å². The zero-order valence-corrected chi connectivity index (χ0v) is 13.8. The van der Waals surface area contributed by atoms with Crippen LogP contribution in [0.5, 0.6) is 0 Å². The summed E-state index contributed by atoms with van der Waals surface area (Å²) in [5.74, 6) is 0. The Morgan fingerprint density at radius 2 is 1.70 bits per heavy atom. The molecule has 1 aromatic heterocycles. The quantitative estimate of drug-likeness (QED) is 0.408. The summed E-state index contributed by atoms with van der Waals surface area (Å²) in [5, 5.41) is 6.77. The first-order valence-electron chi connectivity index (χ1n) is 8.40. The summed E-state index contributed by atoms with van der Waals surface area (Å²) < 4.78 is 0.